The first-order valence-corrected chi connectivity index (χ1v) is 10.7. The van der Waals surface area contributed by atoms with E-state index in [2.05, 4.69) is 22.8 Å². The highest BCUT2D eigenvalue weighted by atomic mass is 16.5. The number of methoxy groups -OCH3 is 1. The molecular formula is C24H28N2O7. The molecule has 2 aromatic carbocycles. The molecule has 0 saturated heterocycles. The maximum absolute atomic E-state index is 12.2. The minimum Gasteiger partial charge on any atom is -0.480 e. The Balaban J connectivity index is 1.50. The number of benzene rings is 2. The number of aliphatic carboxylic acids is 1. The van der Waals surface area contributed by atoms with Crippen molar-refractivity contribution in [3.63, 3.8) is 0 Å². The molecule has 3 unspecified atom stereocenters. The second kappa shape index (κ2) is 10.9. The van der Waals surface area contributed by atoms with Crippen molar-refractivity contribution in [2.45, 2.75) is 37.5 Å². The highest BCUT2D eigenvalue weighted by Gasteiger charge is 2.30. The molecule has 0 aromatic heterocycles. The van der Waals surface area contributed by atoms with Crippen LogP contribution in [0.3, 0.4) is 0 Å². The van der Waals surface area contributed by atoms with E-state index in [1.807, 2.05) is 36.4 Å². The lowest BCUT2D eigenvalue weighted by atomic mass is 9.98. The number of aliphatic hydroxyl groups is 1. The number of ether oxygens (including phenoxy) is 2. The molecule has 3 rings (SSSR count). The van der Waals surface area contributed by atoms with Gasteiger partial charge in [-0.3, -0.25) is 4.79 Å². The number of hydrogen-bond donors (Lipinski definition) is 4. The summed E-state index contributed by atoms with van der Waals surface area (Å²) in [6.45, 7) is 1.51. The van der Waals surface area contributed by atoms with Crippen molar-refractivity contribution < 1.29 is 34.1 Å². The lowest BCUT2D eigenvalue weighted by Crippen LogP contribution is -2.51. The summed E-state index contributed by atoms with van der Waals surface area (Å²) in [5, 5.41) is 23.4. The van der Waals surface area contributed by atoms with Crippen LogP contribution in [0.2, 0.25) is 0 Å². The molecule has 0 fully saturated rings. The average Bonchev–Trinajstić information content (AvgIpc) is 3.12. The zero-order chi connectivity index (χ0) is 24.0. The van der Waals surface area contributed by atoms with Crippen LogP contribution < -0.4 is 10.6 Å². The monoisotopic (exact) mass is 456 g/mol. The first kappa shape index (κ1) is 24.2. The number of carbonyl (C=O) groups is 3. The number of aliphatic hydroxyl groups excluding tert-OH is 1. The summed E-state index contributed by atoms with van der Waals surface area (Å²) >= 11 is 0. The Hall–Kier alpha value is -3.43. The molecule has 3 atom stereocenters. The molecule has 2 aromatic rings. The van der Waals surface area contributed by atoms with Crippen molar-refractivity contribution in [3.8, 4) is 11.1 Å². The van der Waals surface area contributed by atoms with E-state index in [-0.39, 0.29) is 25.5 Å². The van der Waals surface area contributed by atoms with Gasteiger partial charge < -0.3 is 30.3 Å². The SMILES string of the molecule is COC(CCNC(=O)OCC1c2ccccc2-c2ccccc21)C(=O)NC(C(=O)O)C(C)O. The average molecular weight is 456 g/mol. The Kier molecular flexibility index (Phi) is 8.02. The maximum Gasteiger partial charge on any atom is 0.407 e. The van der Waals surface area contributed by atoms with Gasteiger partial charge in [-0.05, 0) is 29.2 Å². The molecule has 9 nitrogen and oxygen atoms in total. The van der Waals surface area contributed by atoms with Crippen molar-refractivity contribution in [2.75, 3.05) is 20.3 Å². The molecule has 33 heavy (non-hydrogen) atoms. The fraction of sp³-hybridized carbons (Fsp3) is 0.375. The molecule has 176 valence electrons. The number of rotatable bonds is 10. The van der Waals surface area contributed by atoms with Crippen LogP contribution in [0.4, 0.5) is 4.79 Å². The molecule has 0 saturated carbocycles. The summed E-state index contributed by atoms with van der Waals surface area (Å²) in [6.07, 6.45) is -2.81. The number of alkyl carbamates (subject to hydrolysis) is 1. The fourth-order valence-electron chi connectivity index (χ4n) is 3.95. The quantitative estimate of drug-likeness (QED) is 0.429. The number of amides is 2. The van der Waals surface area contributed by atoms with Crippen LogP contribution in [0.5, 0.6) is 0 Å². The van der Waals surface area contributed by atoms with Crippen LogP contribution in [-0.4, -0.2) is 66.7 Å². The van der Waals surface area contributed by atoms with Gasteiger partial charge in [0.15, 0.2) is 6.04 Å². The third kappa shape index (κ3) is 5.68. The Morgan fingerprint density at radius 3 is 2.12 bits per heavy atom. The van der Waals surface area contributed by atoms with Crippen molar-refractivity contribution in [1.29, 1.82) is 0 Å². The van der Waals surface area contributed by atoms with Gasteiger partial charge in [-0.15, -0.1) is 0 Å². The molecule has 4 N–H and O–H groups in total. The number of carbonyl (C=O) groups excluding carboxylic acids is 2. The van der Waals surface area contributed by atoms with Gasteiger partial charge in [-0.1, -0.05) is 48.5 Å². The van der Waals surface area contributed by atoms with Crippen LogP contribution in [0.15, 0.2) is 48.5 Å². The van der Waals surface area contributed by atoms with E-state index in [1.165, 1.54) is 14.0 Å². The van der Waals surface area contributed by atoms with E-state index in [1.54, 1.807) is 0 Å². The lowest BCUT2D eigenvalue weighted by molar-refractivity contribution is -0.146. The largest absolute Gasteiger partial charge is 0.480 e. The second-order valence-electron chi connectivity index (χ2n) is 7.83. The Labute approximate surface area is 191 Å². The van der Waals surface area contributed by atoms with Gasteiger partial charge in [0, 0.05) is 26.0 Å². The van der Waals surface area contributed by atoms with Gasteiger partial charge in [0.05, 0.1) is 6.10 Å². The molecule has 1 aliphatic rings. The zero-order valence-electron chi connectivity index (χ0n) is 18.5. The summed E-state index contributed by atoms with van der Waals surface area (Å²) < 4.78 is 10.5. The van der Waals surface area contributed by atoms with Gasteiger partial charge in [-0.2, -0.15) is 0 Å². The first-order chi connectivity index (χ1) is 15.8. The van der Waals surface area contributed by atoms with E-state index in [4.69, 9.17) is 14.6 Å². The van der Waals surface area contributed by atoms with Gasteiger partial charge in [0.25, 0.3) is 0 Å². The van der Waals surface area contributed by atoms with E-state index in [0.717, 1.165) is 22.3 Å². The van der Waals surface area contributed by atoms with Crippen LogP contribution in [-0.2, 0) is 19.1 Å². The standard InChI is InChI=1S/C24H28N2O7/c1-14(27)21(23(29)30)26-22(28)20(32-2)11-12-25-24(31)33-13-19-17-9-5-3-7-15(17)16-8-4-6-10-18(16)19/h3-10,14,19-21,27H,11-13H2,1-2H3,(H,25,31)(H,26,28)(H,29,30). The Morgan fingerprint density at radius 1 is 1.03 bits per heavy atom. The van der Waals surface area contributed by atoms with Gasteiger partial charge in [0.2, 0.25) is 5.91 Å². The molecule has 0 aliphatic heterocycles. The minimum absolute atomic E-state index is 0.0610. The molecule has 0 bridgehead atoms. The van der Waals surface area contributed by atoms with Crippen LogP contribution in [0.1, 0.15) is 30.4 Å². The molecule has 0 heterocycles. The minimum atomic E-state index is -1.45. The van der Waals surface area contributed by atoms with E-state index in [0.29, 0.717) is 0 Å². The summed E-state index contributed by atoms with van der Waals surface area (Å²) in [7, 11) is 1.30. The Bertz CT molecular complexity index is 962. The molecule has 0 radical (unpaired) electrons. The molecule has 2 amide bonds. The topological polar surface area (TPSA) is 134 Å². The van der Waals surface area contributed by atoms with Crippen LogP contribution in [0, 0.1) is 0 Å². The zero-order valence-corrected chi connectivity index (χ0v) is 18.5. The predicted molar refractivity (Wildman–Crippen MR) is 120 cm³/mol. The third-order valence-electron chi connectivity index (χ3n) is 5.64. The van der Waals surface area contributed by atoms with Gasteiger partial charge >= 0.3 is 12.1 Å². The number of carboxylic acids is 1. The third-order valence-corrected chi connectivity index (χ3v) is 5.64. The summed E-state index contributed by atoms with van der Waals surface area (Å²) in [5.74, 6) is -2.11. The Morgan fingerprint density at radius 2 is 1.61 bits per heavy atom. The summed E-state index contributed by atoms with van der Waals surface area (Å²) in [6, 6.07) is 14.6. The van der Waals surface area contributed by atoms with E-state index in [9.17, 15) is 19.5 Å². The highest BCUT2D eigenvalue weighted by molar-refractivity contribution is 5.86. The molecule has 1 aliphatic carbocycles. The number of fused-ring (bicyclic) bond motifs is 3. The first-order valence-electron chi connectivity index (χ1n) is 10.7. The predicted octanol–water partition coefficient (Wildman–Crippen LogP) is 1.88. The number of carboxylic acid groups (broad SMARTS) is 1. The fourth-order valence-corrected chi connectivity index (χ4v) is 3.95. The van der Waals surface area contributed by atoms with Crippen molar-refractivity contribution in [3.05, 3.63) is 59.7 Å². The van der Waals surface area contributed by atoms with Crippen molar-refractivity contribution in [1.82, 2.24) is 10.6 Å². The van der Waals surface area contributed by atoms with E-state index < -0.39 is 36.2 Å². The lowest BCUT2D eigenvalue weighted by Gasteiger charge is -2.21. The highest BCUT2D eigenvalue weighted by Crippen LogP contribution is 2.44. The van der Waals surface area contributed by atoms with Gasteiger partial charge in [0.1, 0.15) is 12.7 Å². The normalized spacial score (nSPS) is 15.0. The molecule has 9 heteroatoms. The van der Waals surface area contributed by atoms with E-state index >= 15 is 0 Å². The molecule has 0 spiro atoms. The summed E-state index contributed by atoms with van der Waals surface area (Å²) in [4.78, 5) is 35.6. The second-order valence-corrected chi connectivity index (χ2v) is 7.83. The van der Waals surface area contributed by atoms with Gasteiger partial charge in [-0.25, -0.2) is 9.59 Å². The maximum atomic E-state index is 12.2. The van der Waals surface area contributed by atoms with Crippen molar-refractivity contribution in [2.24, 2.45) is 0 Å². The molecular weight excluding hydrogens is 428 g/mol. The van der Waals surface area contributed by atoms with Crippen LogP contribution >= 0.6 is 0 Å². The van der Waals surface area contributed by atoms with Crippen molar-refractivity contribution >= 4 is 18.0 Å². The van der Waals surface area contributed by atoms with Crippen LogP contribution in [0.25, 0.3) is 11.1 Å². The number of nitrogens with one attached hydrogen (secondary N) is 2. The smallest absolute Gasteiger partial charge is 0.407 e. The summed E-state index contributed by atoms with van der Waals surface area (Å²) in [5.41, 5.74) is 4.48. The number of hydrogen-bond acceptors (Lipinski definition) is 6.